The number of amides is 1. The van der Waals surface area contributed by atoms with Crippen molar-refractivity contribution >= 4 is 39.7 Å². The number of carbonyl (C=O) groups is 1. The number of aromatic nitrogens is 4. The van der Waals surface area contributed by atoms with Gasteiger partial charge in [0.2, 0.25) is 11.1 Å². The van der Waals surface area contributed by atoms with Gasteiger partial charge >= 0.3 is 0 Å². The van der Waals surface area contributed by atoms with Gasteiger partial charge in [-0.05, 0) is 42.5 Å². The summed E-state index contributed by atoms with van der Waals surface area (Å²) in [6.07, 6.45) is 2.14. The van der Waals surface area contributed by atoms with Crippen LogP contribution in [-0.4, -0.2) is 31.4 Å². The monoisotopic (exact) mass is 571 g/mol. The van der Waals surface area contributed by atoms with Crippen LogP contribution in [0.15, 0.2) is 114 Å². The number of fused-ring (bicyclic) bond motifs is 3. The Bertz CT molecular complexity index is 1760. The average molecular weight is 572 g/mol. The van der Waals surface area contributed by atoms with Crippen molar-refractivity contribution in [1.82, 2.24) is 25.1 Å². The SMILES string of the molecule is Cc1cccc(Cn2c3ccccc3c3nnc(SCCCCC(=O)NC(c4ccccc4)c4ccccc4)nc32)c1. The van der Waals surface area contributed by atoms with E-state index in [9.17, 15) is 4.79 Å². The van der Waals surface area contributed by atoms with Crippen molar-refractivity contribution in [2.45, 2.75) is 43.9 Å². The van der Waals surface area contributed by atoms with E-state index in [2.05, 4.69) is 93.7 Å². The van der Waals surface area contributed by atoms with E-state index >= 15 is 0 Å². The van der Waals surface area contributed by atoms with Crippen molar-refractivity contribution in [1.29, 1.82) is 0 Å². The molecule has 6 aromatic rings. The van der Waals surface area contributed by atoms with E-state index < -0.39 is 0 Å². The molecule has 1 N–H and O–H groups in total. The second kappa shape index (κ2) is 13.0. The van der Waals surface area contributed by atoms with Crippen molar-refractivity contribution in [3.63, 3.8) is 0 Å². The molecule has 210 valence electrons. The molecule has 0 spiro atoms. The molecule has 4 aromatic carbocycles. The number of aryl methyl sites for hydroxylation is 1. The summed E-state index contributed by atoms with van der Waals surface area (Å²) < 4.78 is 2.23. The molecule has 7 heteroatoms. The van der Waals surface area contributed by atoms with Gasteiger partial charge in [-0.2, -0.15) is 0 Å². The van der Waals surface area contributed by atoms with Crippen LogP contribution in [0.1, 0.15) is 47.6 Å². The summed E-state index contributed by atoms with van der Waals surface area (Å²) in [5.74, 6) is 0.872. The van der Waals surface area contributed by atoms with Gasteiger partial charge in [-0.25, -0.2) is 4.98 Å². The smallest absolute Gasteiger partial charge is 0.220 e. The van der Waals surface area contributed by atoms with Gasteiger partial charge in [-0.1, -0.05) is 120 Å². The minimum absolute atomic E-state index is 0.0534. The lowest BCUT2D eigenvalue weighted by Gasteiger charge is -2.20. The molecule has 42 heavy (non-hydrogen) atoms. The lowest BCUT2D eigenvalue weighted by Crippen LogP contribution is -2.29. The van der Waals surface area contributed by atoms with Gasteiger partial charge in [0, 0.05) is 24.1 Å². The van der Waals surface area contributed by atoms with Gasteiger partial charge in [-0.3, -0.25) is 4.79 Å². The summed E-state index contributed by atoms with van der Waals surface area (Å²) in [5, 5.41) is 14.0. The number of nitrogens with one attached hydrogen (secondary N) is 1. The number of para-hydroxylation sites is 1. The average Bonchev–Trinajstić information content (AvgIpc) is 3.33. The number of hydrogen-bond acceptors (Lipinski definition) is 5. The van der Waals surface area contributed by atoms with Crippen LogP contribution in [0.2, 0.25) is 0 Å². The molecule has 0 radical (unpaired) electrons. The second-order valence-corrected chi connectivity index (χ2v) is 11.5. The van der Waals surface area contributed by atoms with Gasteiger partial charge in [0.15, 0.2) is 5.65 Å². The number of hydrogen-bond donors (Lipinski definition) is 1. The summed E-state index contributed by atoms with van der Waals surface area (Å²) >= 11 is 1.59. The minimum atomic E-state index is -0.160. The molecule has 2 heterocycles. The predicted molar refractivity (Wildman–Crippen MR) is 171 cm³/mol. The molecule has 0 aliphatic rings. The van der Waals surface area contributed by atoms with Gasteiger partial charge in [0.1, 0.15) is 5.52 Å². The standard InChI is InChI=1S/C35H33N5OS/c1-25-13-12-14-26(23-25)24-40-30-20-9-8-19-29(30)33-34(40)37-35(39-38-33)42-22-11-10-21-31(41)36-32(27-15-4-2-5-16-27)28-17-6-3-7-18-28/h2-9,12-20,23,32H,10-11,21-22,24H2,1H3,(H,36,41). The summed E-state index contributed by atoms with van der Waals surface area (Å²) in [6, 6.07) is 36.9. The van der Waals surface area contributed by atoms with Crippen LogP contribution in [-0.2, 0) is 11.3 Å². The van der Waals surface area contributed by atoms with E-state index in [0.717, 1.165) is 58.3 Å². The fourth-order valence-corrected chi connectivity index (χ4v) is 6.12. The van der Waals surface area contributed by atoms with Gasteiger partial charge in [0.05, 0.1) is 11.6 Å². The largest absolute Gasteiger partial charge is 0.345 e. The molecular weight excluding hydrogens is 538 g/mol. The van der Waals surface area contributed by atoms with Crippen LogP contribution in [0.25, 0.3) is 22.1 Å². The maximum Gasteiger partial charge on any atom is 0.220 e. The Kier molecular flexibility index (Phi) is 8.56. The summed E-state index contributed by atoms with van der Waals surface area (Å²) in [6.45, 7) is 2.83. The maximum absolute atomic E-state index is 12.9. The summed E-state index contributed by atoms with van der Waals surface area (Å²) in [5.41, 5.74) is 7.40. The molecular formula is C35H33N5OS. The van der Waals surface area contributed by atoms with Gasteiger partial charge in [-0.15, -0.1) is 10.2 Å². The molecule has 0 aliphatic heterocycles. The molecule has 0 fully saturated rings. The van der Waals surface area contributed by atoms with Gasteiger partial charge < -0.3 is 9.88 Å². The third-order valence-corrected chi connectivity index (χ3v) is 8.30. The van der Waals surface area contributed by atoms with Crippen molar-refractivity contribution in [2.24, 2.45) is 0 Å². The second-order valence-electron chi connectivity index (χ2n) is 10.5. The highest BCUT2D eigenvalue weighted by Gasteiger charge is 2.17. The molecule has 0 atom stereocenters. The van der Waals surface area contributed by atoms with E-state index in [1.54, 1.807) is 11.8 Å². The van der Waals surface area contributed by atoms with Crippen molar-refractivity contribution in [3.05, 3.63) is 131 Å². The maximum atomic E-state index is 12.9. The number of thioether (sulfide) groups is 1. The fourth-order valence-electron chi connectivity index (χ4n) is 5.34. The zero-order valence-corrected chi connectivity index (χ0v) is 24.4. The Labute approximate surface area is 250 Å². The van der Waals surface area contributed by atoms with Crippen LogP contribution in [0.4, 0.5) is 0 Å². The molecule has 0 aliphatic carbocycles. The number of rotatable bonds is 11. The molecule has 6 rings (SSSR count). The van der Waals surface area contributed by atoms with E-state index in [1.807, 2.05) is 42.5 Å². The zero-order chi connectivity index (χ0) is 28.7. The third kappa shape index (κ3) is 6.37. The number of benzene rings is 4. The molecule has 1 amide bonds. The summed E-state index contributed by atoms with van der Waals surface area (Å²) in [4.78, 5) is 17.9. The highest BCUT2D eigenvalue weighted by molar-refractivity contribution is 7.99. The van der Waals surface area contributed by atoms with E-state index in [1.165, 1.54) is 11.1 Å². The van der Waals surface area contributed by atoms with Crippen LogP contribution in [0.5, 0.6) is 0 Å². The minimum Gasteiger partial charge on any atom is -0.345 e. The van der Waals surface area contributed by atoms with Crippen molar-refractivity contribution < 1.29 is 4.79 Å². The first-order valence-corrected chi connectivity index (χ1v) is 15.3. The predicted octanol–water partition coefficient (Wildman–Crippen LogP) is 7.50. The molecule has 2 aromatic heterocycles. The normalized spacial score (nSPS) is 11.4. The first-order chi connectivity index (χ1) is 20.7. The lowest BCUT2D eigenvalue weighted by atomic mass is 9.98. The van der Waals surface area contributed by atoms with E-state index in [-0.39, 0.29) is 11.9 Å². The number of unbranched alkanes of at least 4 members (excludes halogenated alkanes) is 1. The lowest BCUT2D eigenvalue weighted by molar-refractivity contribution is -0.121. The zero-order valence-electron chi connectivity index (χ0n) is 23.6. The topological polar surface area (TPSA) is 72.7 Å². The highest BCUT2D eigenvalue weighted by atomic mass is 32.2. The van der Waals surface area contributed by atoms with E-state index in [0.29, 0.717) is 11.6 Å². The number of nitrogens with zero attached hydrogens (tertiary/aromatic N) is 4. The van der Waals surface area contributed by atoms with E-state index in [4.69, 9.17) is 4.98 Å². The van der Waals surface area contributed by atoms with Crippen molar-refractivity contribution in [2.75, 3.05) is 5.75 Å². The van der Waals surface area contributed by atoms with Crippen molar-refractivity contribution in [3.8, 4) is 0 Å². The van der Waals surface area contributed by atoms with Crippen LogP contribution >= 0.6 is 11.8 Å². The third-order valence-electron chi connectivity index (χ3n) is 7.38. The quantitative estimate of drug-likeness (QED) is 0.129. The first kappa shape index (κ1) is 27.7. The van der Waals surface area contributed by atoms with Gasteiger partial charge in [0.25, 0.3) is 0 Å². The highest BCUT2D eigenvalue weighted by Crippen LogP contribution is 2.28. The fraction of sp³-hybridized carbons (Fsp3) is 0.200. The molecule has 0 unspecified atom stereocenters. The molecule has 0 saturated carbocycles. The molecule has 6 nitrogen and oxygen atoms in total. The van der Waals surface area contributed by atoms with Crippen LogP contribution < -0.4 is 5.32 Å². The first-order valence-electron chi connectivity index (χ1n) is 14.3. The Morgan fingerprint density at radius 2 is 1.55 bits per heavy atom. The number of carbonyl (C=O) groups excluding carboxylic acids is 1. The Hall–Kier alpha value is -4.49. The summed E-state index contributed by atoms with van der Waals surface area (Å²) in [7, 11) is 0. The molecule has 0 saturated heterocycles. The van der Waals surface area contributed by atoms with Crippen LogP contribution in [0.3, 0.4) is 0 Å². The Morgan fingerprint density at radius 3 is 2.29 bits per heavy atom. The van der Waals surface area contributed by atoms with Crippen LogP contribution in [0, 0.1) is 6.92 Å². The Morgan fingerprint density at radius 1 is 0.833 bits per heavy atom. The Balaban J connectivity index is 1.09. The molecule has 0 bridgehead atoms.